The molecule has 18 heavy (non-hydrogen) atoms. The van der Waals surface area contributed by atoms with Crippen molar-refractivity contribution in [2.45, 2.75) is 20.8 Å². The number of rotatable bonds is 6. The van der Waals surface area contributed by atoms with E-state index in [1.165, 1.54) is 0 Å². The third-order valence-corrected chi connectivity index (χ3v) is 1.37. The topological polar surface area (TPSA) is 66.4 Å². The molecule has 0 aliphatic carbocycles. The molecule has 0 aromatic carbocycles. The Balaban J connectivity index is 3.06. The van der Waals surface area contributed by atoms with Gasteiger partial charge < -0.3 is 14.2 Å². The first-order chi connectivity index (χ1) is 8.36. The fraction of sp³-hybridized carbons (Fsp3) is 0.250. The number of nitrogens with zero attached hydrogens (tertiary/aromatic N) is 3. The molecular weight excluding hydrogens is 234 g/mol. The minimum absolute atomic E-state index is 0.0324. The molecule has 0 N–H and O–H groups in total. The van der Waals surface area contributed by atoms with Gasteiger partial charge >= 0.3 is 18.0 Å². The molecule has 1 heterocycles. The third kappa shape index (κ3) is 4.65. The molecule has 0 aliphatic rings. The minimum Gasteiger partial charge on any atom is -0.430 e. The van der Waals surface area contributed by atoms with E-state index >= 15 is 0 Å². The molecule has 1 aromatic heterocycles. The summed E-state index contributed by atoms with van der Waals surface area (Å²) in [7, 11) is 0. The van der Waals surface area contributed by atoms with Crippen LogP contribution >= 0.6 is 0 Å². The van der Waals surface area contributed by atoms with Gasteiger partial charge in [-0.1, -0.05) is 19.7 Å². The van der Waals surface area contributed by atoms with Crippen LogP contribution in [0.15, 0.2) is 37.0 Å². The van der Waals surface area contributed by atoms with Crippen molar-refractivity contribution in [1.82, 2.24) is 15.0 Å². The Morgan fingerprint density at radius 1 is 0.667 bits per heavy atom. The summed E-state index contributed by atoms with van der Waals surface area (Å²) >= 11 is 0. The monoisotopic (exact) mass is 249 g/mol. The van der Waals surface area contributed by atoms with E-state index in [2.05, 4.69) is 34.7 Å². The summed E-state index contributed by atoms with van der Waals surface area (Å²) in [6.07, 6.45) is 0. The summed E-state index contributed by atoms with van der Waals surface area (Å²) in [4.78, 5) is 11.8. The fourth-order valence-corrected chi connectivity index (χ4v) is 0.925. The molecular formula is C12H15N3O3. The zero-order valence-corrected chi connectivity index (χ0v) is 10.7. The van der Waals surface area contributed by atoms with Crippen molar-refractivity contribution in [3.63, 3.8) is 0 Å². The summed E-state index contributed by atoms with van der Waals surface area (Å²) in [5.74, 6) is 1.30. The van der Waals surface area contributed by atoms with E-state index in [9.17, 15) is 0 Å². The lowest BCUT2D eigenvalue weighted by atomic mass is 10.6. The second kappa shape index (κ2) is 5.81. The minimum atomic E-state index is 0.0324. The Bertz CT molecular complexity index is 414. The van der Waals surface area contributed by atoms with Crippen LogP contribution in [0.5, 0.6) is 18.0 Å². The number of aromatic nitrogens is 3. The Morgan fingerprint density at radius 2 is 0.889 bits per heavy atom. The number of allylic oxidation sites excluding steroid dienone is 3. The van der Waals surface area contributed by atoms with Crippen molar-refractivity contribution in [3.05, 3.63) is 37.0 Å². The van der Waals surface area contributed by atoms with Gasteiger partial charge in [-0.3, -0.25) is 0 Å². The van der Waals surface area contributed by atoms with Crippen molar-refractivity contribution in [2.75, 3.05) is 0 Å². The van der Waals surface area contributed by atoms with Crippen LogP contribution in [0.4, 0.5) is 0 Å². The molecule has 0 atom stereocenters. The first-order valence-corrected chi connectivity index (χ1v) is 5.13. The normalized spacial score (nSPS) is 9.50. The van der Waals surface area contributed by atoms with Crippen LogP contribution in [0.2, 0.25) is 0 Å². The van der Waals surface area contributed by atoms with Gasteiger partial charge in [-0.15, -0.1) is 15.0 Å². The lowest BCUT2D eigenvalue weighted by molar-refractivity contribution is 0.323. The van der Waals surface area contributed by atoms with Crippen LogP contribution in [0, 0.1) is 0 Å². The molecule has 6 heteroatoms. The van der Waals surface area contributed by atoms with Crippen LogP contribution in [-0.2, 0) is 0 Å². The van der Waals surface area contributed by atoms with Crippen LogP contribution in [-0.4, -0.2) is 15.0 Å². The molecule has 96 valence electrons. The molecule has 1 aromatic rings. The van der Waals surface area contributed by atoms with E-state index in [-0.39, 0.29) is 18.0 Å². The molecule has 6 nitrogen and oxygen atoms in total. The lowest BCUT2D eigenvalue weighted by Crippen LogP contribution is -2.04. The maximum atomic E-state index is 5.18. The van der Waals surface area contributed by atoms with E-state index in [0.717, 1.165) is 0 Å². The third-order valence-electron chi connectivity index (χ3n) is 1.37. The first kappa shape index (κ1) is 13.7. The number of ether oxygens (including phenoxy) is 3. The van der Waals surface area contributed by atoms with Crippen molar-refractivity contribution < 1.29 is 14.2 Å². The van der Waals surface area contributed by atoms with Gasteiger partial charge in [-0.05, 0) is 20.8 Å². The predicted molar refractivity (Wildman–Crippen MR) is 66.2 cm³/mol. The smallest absolute Gasteiger partial charge is 0.331 e. The summed E-state index contributed by atoms with van der Waals surface area (Å²) in [5, 5.41) is 0. The standard InChI is InChI=1S/C12H15N3O3/c1-7(2)16-10-13-11(17-8(3)4)15-12(14-10)18-9(5)6/h1,3,5H2,2,4,6H3. The van der Waals surface area contributed by atoms with Crippen LogP contribution in [0.3, 0.4) is 0 Å². The highest BCUT2D eigenvalue weighted by atomic mass is 16.5. The van der Waals surface area contributed by atoms with Gasteiger partial charge in [0, 0.05) is 0 Å². The van der Waals surface area contributed by atoms with Gasteiger partial charge in [0.2, 0.25) is 0 Å². The van der Waals surface area contributed by atoms with Gasteiger partial charge in [0.05, 0.1) is 17.3 Å². The van der Waals surface area contributed by atoms with E-state index in [0.29, 0.717) is 17.3 Å². The average Bonchev–Trinajstić information content (AvgIpc) is 2.12. The zero-order valence-electron chi connectivity index (χ0n) is 10.7. The van der Waals surface area contributed by atoms with E-state index in [1.807, 2.05) is 0 Å². The van der Waals surface area contributed by atoms with Crippen molar-refractivity contribution >= 4 is 0 Å². The SMILES string of the molecule is C=C(C)Oc1nc(OC(=C)C)nc(OC(=C)C)n1. The second-order valence-corrected chi connectivity index (χ2v) is 3.60. The molecule has 0 saturated heterocycles. The lowest BCUT2D eigenvalue weighted by Gasteiger charge is -2.08. The molecule has 1 rings (SSSR count). The highest BCUT2D eigenvalue weighted by Crippen LogP contribution is 2.18. The molecule has 0 saturated carbocycles. The van der Waals surface area contributed by atoms with Gasteiger partial charge in [0.15, 0.2) is 0 Å². The Labute approximate surface area is 106 Å². The second-order valence-electron chi connectivity index (χ2n) is 3.60. The molecule has 0 radical (unpaired) electrons. The van der Waals surface area contributed by atoms with Crippen molar-refractivity contribution in [2.24, 2.45) is 0 Å². The van der Waals surface area contributed by atoms with Crippen LogP contribution < -0.4 is 14.2 Å². The average molecular weight is 249 g/mol. The first-order valence-electron chi connectivity index (χ1n) is 5.13. The Morgan fingerprint density at radius 3 is 1.06 bits per heavy atom. The van der Waals surface area contributed by atoms with Gasteiger partial charge in [0.25, 0.3) is 0 Å². The molecule has 0 spiro atoms. The van der Waals surface area contributed by atoms with E-state index < -0.39 is 0 Å². The van der Waals surface area contributed by atoms with Crippen LogP contribution in [0.25, 0.3) is 0 Å². The quantitative estimate of drug-likeness (QED) is 0.722. The maximum absolute atomic E-state index is 5.18. The molecule has 0 aliphatic heterocycles. The van der Waals surface area contributed by atoms with E-state index in [1.54, 1.807) is 20.8 Å². The zero-order chi connectivity index (χ0) is 13.7. The van der Waals surface area contributed by atoms with Gasteiger partial charge in [0.1, 0.15) is 0 Å². The molecule has 0 unspecified atom stereocenters. The summed E-state index contributed by atoms with van der Waals surface area (Å²) in [6.45, 7) is 15.8. The van der Waals surface area contributed by atoms with Crippen molar-refractivity contribution in [1.29, 1.82) is 0 Å². The van der Waals surface area contributed by atoms with Gasteiger partial charge in [-0.2, -0.15) is 0 Å². The summed E-state index contributed by atoms with van der Waals surface area (Å²) in [6, 6.07) is 0.0972. The molecule has 0 amide bonds. The maximum Gasteiger partial charge on any atom is 0.331 e. The summed E-state index contributed by atoms with van der Waals surface area (Å²) < 4.78 is 15.5. The predicted octanol–water partition coefficient (Wildman–Crippen LogP) is 2.61. The highest BCUT2D eigenvalue weighted by molar-refractivity contribution is 5.13. The Kier molecular flexibility index (Phi) is 4.42. The Hall–Kier alpha value is -2.37. The van der Waals surface area contributed by atoms with E-state index in [4.69, 9.17) is 14.2 Å². The summed E-state index contributed by atoms with van der Waals surface area (Å²) in [5.41, 5.74) is 0. The highest BCUT2D eigenvalue weighted by Gasteiger charge is 2.11. The van der Waals surface area contributed by atoms with Crippen LogP contribution in [0.1, 0.15) is 20.8 Å². The van der Waals surface area contributed by atoms with Crippen molar-refractivity contribution in [3.8, 4) is 18.0 Å². The van der Waals surface area contributed by atoms with Gasteiger partial charge in [-0.25, -0.2) is 0 Å². The molecule has 0 bridgehead atoms. The fourth-order valence-electron chi connectivity index (χ4n) is 0.925. The molecule has 0 fully saturated rings. The number of hydrogen-bond acceptors (Lipinski definition) is 6. The largest absolute Gasteiger partial charge is 0.430 e. The number of hydrogen-bond donors (Lipinski definition) is 0.